The summed E-state index contributed by atoms with van der Waals surface area (Å²) in [5.41, 5.74) is 0.390. The normalized spacial score (nSPS) is 32.1. The van der Waals surface area contributed by atoms with Crippen molar-refractivity contribution in [3.63, 3.8) is 0 Å². The maximum absolute atomic E-state index is 13.1. The average molecular weight is 409 g/mol. The first kappa shape index (κ1) is 21.3. The lowest BCUT2D eigenvalue weighted by molar-refractivity contribution is -0.0440. The van der Waals surface area contributed by atoms with Gasteiger partial charge in [0.25, 0.3) is 5.91 Å². The summed E-state index contributed by atoms with van der Waals surface area (Å²) in [6.07, 6.45) is 2.97. The van der Waals surface area contributed by atoms with Crippen LogP contribution in [0.1, 0.15) is 57.3 Å². The zero-order valence-electron chi connectivity index (χ0n) is 17.2. The summed E-state index contributed by atoms with van der Waals surface area (Å²) >= 11 is 0. The van der Waals surface area contributed by atoms with Crippen LogP contribution >= 0.6 is 0 Å². The third kappa shape index (κ3) is 4.58. The maximum atomic E-state index is 13.1. The Balaban J connectivity index is 1.77. The van der Waals surface area contributed by atoms with Crippen molar-refractivity contribution in [1.82, 2.24) is 9.62 Å². The van der Waals surface area contributed by atoms with E-state index < -0.39 is 10.0 Å². The van der Waals surface area contributed by atoms with Crippen LogP contribution in [0.3, 0.4) is 0 Å². The van der Waals surface area contributed by atoms with E-state index in [0.717, 1.165) is 12.8 Å². The first-order valence-electron chi connectivity index (χ1n) is 10.2. The molecule has 0 spiro atoms. The molecule has 1 aliphatic carbocycles. The standard InChI is InChI=1S/C21H32N2O4S/c1-14-7-5-10-20(17(14)4)22-21(24)18-8-6-9-19(11-18)28(25,26)23-12-15(2)27-16(3)13-23/h6,8-9,11,14-17,20H,5,7,10,12-13H2,1-4H3,(H,22,24)/t14-,15-,16+,17-,20+/m1/s1. The van der Waals surface area contributed by atoms with Crippen LogP contribution in [0, 0.1) is 11.8 Å². The highest BCUT2D eigenvalue weighted by molar-refractivity contribution is 7.89. The lowest BCUT2D eigenvalue weighted by atomic mass is 9.78. The number of rotatable bonds is 4. The van der Waals surface area contributed by atoms with Gasteiger partial charge in [0.05, 0.1) is 17.1 Å². The molecular weight excluding hydrogens is 376 g/mol. The lowest BCUT2D eigenvalue weighted by Crippen LogP contribution is -2.48. The fourth-order valence-electron chi connectivity index (χ4n) is 4.31. The number of carbonyl (C=O) groups is 1. The lowest BCUT2D eigenvalue weighted by Gasteiger charge is -2.35. The van der Waals surface area contributed by atoms with Gasteiger partial charge in [0.15, 0.2) is 0 Å². The summed E-state index contributed by atoms with van der Waals surface area (Å²) in [4.78, 5) is 12.9. The molecule has 0 aromatic heterocycles. The van der Waals surface area contributed by atoms with Crippen molar-refractivity contribution in [2.24, 2.45) is 11.8 Å². The molecule has 1 aromatic carbocycles. The molecule has 0 radical (unpaired) electrons. The van der Waals surface area contributed by atoms with Crippen LogP contribution in [0.4, 0.5) is 0 Å². The predicted molar refractivity (Wildman–Crippen MR) is 109 cm³/mol. The van der Waals surface area contributed by atoms with E-state index in [-0.39, 0.29) is 29.1 Å². The van der Waals surface area contributed by atoms with Crippen molar-refractivity contribution in [2.75, 3.05) is 13.1 Å². The van der Waals surface area contributed by atoms with Crippen LogP contribution in [0.2, 0.25) is 0 Å². The second-order valence-corrected chi connectivity index (χ2v) is 10.4. The number of carbonyl (C=O) groups excluding carboxylic acids is 1. The number of benzene rings is 1. The van der Waals surface area contributed by atoms with Crippen molar-refractivity contribution in [3.05, 3.63) is 29.8 Å². The van der Waals surface area contributed by atoms with Crippen molar-refractivity contribution in [1.29, 1.82) is 0 Å². The van der Waals surface area contributed by atoms with E-state index in [4.69, 9.17) is 4.74 Å². The number of sulfonamides is 1. The van der Waals surface area contributed by atoms with Crippen molar-refractivity contribution < 1.29 is 17.9 Å². The van der Waals surface area contributed by atoms with Crippen molar-refractivity contribution >= 4 is 15.9 Å². The van der Waals surface area contributed by atoms with Gasteiger partial charge in [-0.25, -0.2) is 8.42 Å². The molecule has 1 saturated carbocycles. The van der Waals surface area contributed by atoms with Crippen LogP contribution in [0.5, 0.6) is 0 Å². The molecule has 156 valence electrons. The molecule has 1 aliphatic heterocycles. The molecule has 0 unspecified atom stereocenters. The number of hydrogen-bond acceptors (Lipinski definition) is 4. The second-order valence-electron chi connectivity index (χ2n) is 8.45. The second kappa shape index (κ2) is 8.51. The number of ether oxygens (including phenoxy) is 1. The first-order valence-corrected chi connectivity index (χ1v) is 11.7. The number of amides is 1. The van der Waals surface area contributed by atoms with Gasteiger partial charge in [-0.2, -0.15) is 4.31 Å². The summed E-state index contributed by atoms with van der Waals surface area (Å²) in [6.45, 7) is 8.78. The molecule has 1 N–H and O–H groups in total. The number of nitrogens with one attached hydrogen (secondary N) is 1. The predicted octanol–water partition coefficient (Wildman–Crippen LogP) is 3.04. The monoisotopic (exact) mass is 408 g/mol. The zero-order valence-corrected chi connectivity index (χ0v) is 18.0. The molecule has 1 amide bonds. The fourth-order valence-corrected chi connectivity index (χ4v) is 5.95. The Kier molecular flexibility index (Phi) is 6.47. The number of nitrogens with zero attached hydrogens (tertiary/aromatic N) is 1. The van der Waals surface area contributed by atoms with Gasteiger partial charge in [0, 0.05) is 24.7 Å². The quantitative estimate of drug-likeness (QED) is 0.831. The van der Waals surface area contributed by atoms with Crippen molar-refractivity contribution in [2.45, 2.75) is 70.1 Å². The van der Waals surface area contributed by atoms with Crippen LogP contribution in [0.15, 0.2) is 29.2 Å². The molecule has 1 heterocycles. The largest absolute Gasteiger partial charge is 0.373 e. The zero-order chi connectivity index (χ0) is 20.5. The van der Waals surface area contributed by atoms with Gasteiger partial charge in [-0.15, -0.1) is 0 Å². The Morgan fingerprint density at radius 2 is 1.79 bits per heavy atom. The van der Waals surface area contributed by atoms with E-state index in [9.17, 15) is 13.2 Å². The van der Waals surface area contributed by atoms with Gasteiger partial charge in [0.2, 0.25) is 10.0 Å². The molecule has 1 saturated heterocycles. The molecule has 2 fully saturated rings. The van der Waals surface area contributed by atoms with Gasteiger partial charge in [-0.1, -0.05) is 32.8 Å². The number of morpholine rings is 1. The smallest absolute Gasteiger partial charge is 0.251 e. The summed E-state index contributed by atoms with van der Waals surface area (Å²) in [5, 5.41) is 3.12. The van der Waals surface area contributed by atoms with Crippen LogP contribution < -0.4 is 5.32 Å². The van der Waals surface area contributed by atoms with E-state index in [2.05, 4.69) is 19.2 Å². The topological polar surface area (TPSA) is 75.7 Å². The first-order chi connectivity index (χ1) is 13.2. The third-order valence-corrected chi connectivity index (χ3v) is 7.97. The summed E-state index contributed by atoms with van der Waals surface area (Å²) in [7, 11) is -3.66. The van der Waals surface area contributed by atoms with E-state index in [1.54, 1.807) is 18.2 Å². The molecule has 6 nitrogen and oxygen atoms in total. The van der Waals surface area contributed by atoms with Gasteiger partial charge in [-0.3, -0.25) is 4.79 Å². The highest BCUT2D eigenvalue weighted by Crippen LogP contribution is 2.30. The molecular formula is C21H32N2O4S. The van der Waals surface area contributed by atoms with E-state index >= 15 is 0 Å². The molecule has 1 aromatic rings. The highest BCUT2D eigenvalue weighted by Gasteiger charge is 2.33. The molecule has 2 aliphatic rings. The Morgan fingerprint density at radius 1 is 1.11 bits per heavy atom. The van der Waals surface area contributed by atoms with E-state index in [1.807, 2.05) is 13.8 Å². The molecule has 5 atom stereocenters. The Bertz CT molecular complexity index is 800. The highest BCUT2D eigenvalue weighted by atomic mass is 32.2. The summed E-state index contributed by atoms with van der Waals surface area (Å²) in [5.74, 6) is 0.795. The Morgan fingerprint density at radius 3 is 2.46 bits per heavy atom. The summed E-state index contributed by atoms with van der Waals surface area (Å²) < 4.78 is 33.2. The van der Waals surface area contributed by atoms with Crippen LogP contribution in [0.25, 0.3) is 0 Å². The summed E-state index contributed by atoms with van der Waals surface area (Å²) in [6, 6.07) is 6.50. The molecule has 7 heteroatoms. The third-order valence-electron chi connectivity index (χ3n) is 6.14. The minimum absolute atomic E-state index is 0.137. The maximum Gasteiger partial charge on any atom is 0.251 e. The SMILES string of the molecule is C[C@@H]1[C@H](C)CCC[C@@H]1NC(=O)c1cccc(S(=O)(=O)N2C[C@@H](C)O[C@@H](C)C2)c1. The number of hydrogen-bond donors (Lipinski definition) is 1. The van der Waals surface area contributed by atoms with Crippen LogP contribution in [-0.4, -0.2) is 50.0 Å². The Hall–Kier alpha value is -1.44. The van der Waals surface area contributed by atoms with Gasteiger partial charge in [0.1, 0.15) is 0 Å². The van der Waals surface area contributed by atoms with Crippen molar-refractivity contribution in [3.8, 4) is 0 Å². The minimum atomic E-state index is -3.66. The molecule has 0 bridgehead atoms. The Labute approximate surface area is 168 Å². The van der Waals surface area contributed by atoms with Gasteiger partial charge in [-0.05, 0) is 50.3 Å². The molecule has 28 heavy (non-hydrogen) atoms. The minimum Gasteiger partial charge on any atom is -0.373 e. The van der Waals surface area contributed by atoms with E-state index in [1.165, 1.54) is 16.8 Å². The van der Waals surface area contributed by atoms with Gasteiger partial charge < -0.3 is 10.1 Å². The van der Waals surface area contributed by atoms with E-state index in [0.29, 0.717) is 30.5 Å². The van der Waals surface area contributed by atoms with Crippen LogP contribution in [-0.2, 0) is 14.8 Å². The average Bonchev–Trinajstić information content (AvgIpc) is 2.64. The molecule has 3 rings (SSSR count). The fraction of sp³-hybridized carbons (Fsp3) is 0.667. The van der Waals surface area contributed by atoms with Gasteiger partial charge >= 0.3 is 0 Å².